The van der Waals surface area contributed by atoms with Crippen LogP contribution in [0.2, 0.25) is 0 Å². The lowest BCUT2D eigenvalue weighted by molar-refractivity contribution is 0.0172. The van der Waals surface area contributed by atoms with Gasteiger partial charge in [0, 0.05) is 18.1 Å². The van der Waals surface area contributed by atoms with Gasteiger partial charge in [-0.05, 0) is 25.0 Å². The van der Waals surface area contributed by atoms with Gasteiger partial charge in [-0.25, -0.2) is 18.0 Å². The molecule has 1 aromatic rings. The van der Waals surface area contributed by atoms with Crippen molar-refractivity contribution >= 4 is 6.08 Å². The second kappa shape index (κ2) is 4.82. The molecule has 1 aliphatic carbocycles. The Morgan fingerprint density at radius 3 is 2.47 bits per heavy atom. The van der Waals surface area contributed by atoms with Crippen LogP contribution in [0.15, 0.2) is 23.2 Å². The average molecular weight is 269 g/mol. The van der Waals surface area contributed by atoms with Crippen molar-refractivity contribution in [3.63, 3.8) is 0 Å². The summed E-state index contributed by atoms with van der Waals surface area (Å²) in [6.07, 6.45) is 4.00. The van der Waals surface area contributed by atoms with E-state index in [-0.39, 0.29) is 11.1 Å². The number of rotatable bonds is 3. The van der Waals surface area contributed by atoms with Crippen molar-refractivity contribution in [1.82, 2.24) is 0 Å². The zero-order valence-corrected chi connectivity index (χ0v) is 10.5. The lowest BCUT2D eigenvalue weighted by Crippen LogP contribution is -2.22. The van der Waals surface area contributed by atoms with E-state index in [0.717, 1.165) is 38.0 Å². The fraction of sp³-hybridized carbons (Fsp3) is 0.500. The number of isocyanates is 1. The minimum absolute atomic E-state index is 0.0763. The van der Waals surface area contributed by atoms with Crippen LogP contribution >= 0.6 is 0 Å². The molecule has 1 saturated carbocycles. The third-order valence-electron chi connectivity index (χ3n) is 3.66. The van der Waals surface area contributed by atoms with Gasteiger partial charge in [0.25, 0.3) is 5.92 Å². The molecule has 2 nitrogen and oxygen atoms in total. The predicted molar refractivity (Wildman–Crippen MR) is 64.2 cm³/mol. The molecule has 2 rings (SSSR count). The fourth-order valence-corrected chi connectivity index (χ4v) is 2.64. The molecule has 0 amide bonds. The zero-order chi connectivity index (χ0) is 14.1. The average Bonchev–Trinajstić information content (AvgIpc) is 2.78. The van der Waals surface area contributed by atoms with Crippen molar-refractivity contribution in [3.05, 3.63) is 35.1 Å². The molecule has 0 spiro atoms. The molecule has 102 valence electrons. The summed E-state index contributed by atoms with van der Waals surface area (Å²) in [7, 11) is 0. The van der Waals surface area contributed by atoms with E-state index >= 15 is 0 Å². The van der Waals surface area contributed by atoms with Gasteiger partial charge >= 0.3 is 0 Å². The monoisotopic (exact) mass is 269 g/mol. The lowest BCUT2D eigenvalue weighted by atomic mass is 9.87. The van der Waals surface area contributed by atoms with E-state index < -0.39 is 17.3 Å². The van der Waals surface area contributed by atoms with Gasteiger partial charge in [0.05, 0.1) is 0 Å². The van der Waals surface area contributed by atoms with Gasteiger partial charge in [-0.2, -0.15) is 4.99 Å². The number of halogens is 3. The van der Waals surface area contributed by atoms with E-state index in [2.05, 4.69) is 4.99 Å². The molecule has 0 bridgehead atoms. The highest BCUT2D eigenvalue weighted by molar-refractivity contribution is 5.41. The first kappa shape index (κ1) is 13.8. The molecule has 1 aliphatic rings. The number of aliphatic imine (C=N–C) groups is 1. The zero-order valence-electron chi connectivity index (χ0n) is 10.5. The highest BCUT2D eigenvalue weighted by Crippen LogP contribution is 2.44. The Labute approximate surface area is 109 Å². The number of nitrogens with zero attached hydrogens (tertiary/aromatic N) is 1. The third kappa shape index (κ3) is 2.56. The Kier molecular flexibility index (Phi) is 3.50. The Morgan fingerprint density at radius 2 is 1.95 bits per heavy atom. The fourth-order valence-electron chi connectivity index (χ4n) is 2.64. The van der Waals surface area contributed by atoms with Crippen LogP contribution in [0.5, 0.6) is 0 Å². The summed E-state index contributed by atoms with van der Waals surface area (Å²) in [4.78, 5) is 14.3. The number of hydrogen-bond acceptors (Lipinski definition) is 2. The van der Waals surface area contributed by atoms with Crippen molar-refractivity contribution in [2.24, 2.45) is 4.99 Å². The van der Waals surface area contributed by atoms with E-state index in [9.17, 15) is 18.0 Å². The first-order valence-corrected chi connectivity index (χ1v) is 6.16. The van der Waals surface area contributed by atoms with Gasteiger partial charge in [-0.15, -0.1) is 0 Å². The molecule has 0 N–H and O–H groups in total. The molecule has 1 fully saturated rings. The number of benzene rings is 1. The Morgan fingerprint density at radius 1 is 1.32 bits per heavy atom. The Hall–Kier alpha value is -1.61. The first-order valence-electron chi connectivity index (χ1n) is 6.16. The molecule has 0 aromatic heterocycles. The molecule has 0 heterocycles. The minimum Gasteiger partial charge on any atom is -0.211 e. The van der Waals surface area contributed by atoms with Crippen LogP contribution in [0.25, 0.3) is 0 Å². The maximum absolute atomic E-state index is 13.9. The van der Waals surface area contributed by atoms with Crippen LogP contribution in [0, 0.1) is 5.82 Å². The molecule has 5 heteroatoms. The molecule has 0 aliphatic heterocycles. The van der Waals surface area contributed by atoms with Gasteiger partial charge in [0.1, 0.15) is 11.4 Å². The van der Waals surface area contributed by atoms with Crippen LogP contribution in [0.3, 0.4) is 0 Å². The summed E-state index contributed by atoms with van der Waals surface area (Å²) in [5.41, 5.74) is -1.21. The van der Waals surface area contributed by atoms with E-state index in [0.29, 0.717) is 12.8 Å². The standard InChI is InChI=1S/C14H14F3NO/c1-13(16,17)10-4-5-12(15)11(8-10)14(18-9-19)6-2-3-7-14/h4-5,8H,2-3,6-7H2,1H3. The van der Waals surface area contributed by atoms with E-state index in [1.54, 1.807) is 0 Å². The summed E-state index contributed by atoms with van der Waals surface area (Å²) in [6, 6.07) is 3.20. The van der Waals surface area contributed by atoms with E-state index in [1.165, 1.54) is 6.08 Å². The summed E-state index contributed by atoms with van der Waals surface area (Å²) < 4.78 is 40.6. The van der Waals surface area contributed by atoms with Crippen molar-refractivity contribution in [1.29, 1.82) is 0 Å². The number of hydrogen-bond donors (Lipinski definition) is 0. The first-order chi connectivity index (χ1) is 8.89. The molecule has 1 aromatic carbocycles. The second-order valence-electron chi connectivity index (χ2n) is 5.02. The number of carbonyl (C=O) groups excluding carboxylic acids is 1. The molecule has 0 saturated heterocycles. The predicted octanol–water partition coefficient (Wildman–Crippen LogP) is 4.04. The maximum atomic E-state index is 13.9. The summed E-state index contributed by atoms with van der Waals surface area (Å²) >= 11 is 0. The quantitative estimate of drug-likeness (QED) is 0.601. The van der Waals surface area contributed by atoms with Crippen LogP contribution in [0.4, 0.5) is 13.2 Å². The molecule has 19 heavy (non-hydrogen) atoms. The van der Waals surface area contributed by atoms with Crippen molar-refractivity contribution in [2.75, 3.05) is 0 Å². The van der Waals surface area contributed by atoms with E-state index in [4.69, 9.17) is 0 Å². The summed E-state index contributed by atoms with van der Waals surface area (Å²) in [6.45, 7) is 0.758. The highest BCUT2D eigenvalue weighted by Gasteiger charge is 2.39. The third-order valence-corrected chi connectivity index (χ3v) is 3.66. The van der Waals surface area contributed by atoms with Crippen LogP contribution in [0.1, 0.15) is 43.7 Å². The molecular formula is C14H14F3NO. The van der Waals surface area contributed by atoms with Crippen LogP contribution in [-0.4, -0.2) is 6.08 Å². The second-order valence-corrected chi connectivity index (χ2v) is 5.02. The summed E-state index contributed by atoms with van der Waals surface area (Å²) in [5.74, 6) is -3.65. The Balaban J connectivity index is 2.57. The molecular weight excluding hydrogens is 255 g/mol. The van der Waals surface area contributed by atoms with E-state index in [1.807, 2.05) is 0 Å². The largest absolute Gasteiger partial charge is 0.270 e. The van der Waals surface area contributed by atoms with Gasteiger partial charge in [0.15, 0.2) is 0 Å². The minimum atomic E-state index is -3.05. The van der Waals surface area contributed by atoms with Crippen molar-refractivity contribution in [3.8, 4) is 0 Å². The van der Waals surface area contributed by atoms with Gasteiger partial charge in [-0.3, -0.25) is 0 Å². The smallest absolute Gasteiger partial charge is 0.211 e. The molecule has 0 radical (unpaired) electrons. The van der Waals surface area contributed by atoms with Crippen LogP contribution < -0.4 is 0 Å². The van der Waals surface area contributed by atoms with Gasteiger partial charge < -0.3 is 0 Å². The van der Waals surface area contributed by atoms with Gasteiger partial charge in [0.2, 0.25) is 6.08 Å². The maximum Gasteiger partial charge on any atom is 0.270 e. The number of alkyl halides is 2. The molecule has 0 unspecified atom stereocenters. The Bertz CT molecular complexity index is 524. The molecule has 0 atom stereocenters. The van der Waals surface area contributed by atoms with Crippen molar-refractivity contribution < 1.29 is 18.0 Å². The van der Waals surface area contributed by atoms with Crippen molar-refractivity contribution in [2.45, 2.75) is 44.1 Å². The highest BCUT2D eigenvalue weighted by atomic mass is 19.3. The SMILES string of the molecule is CC(F)(F)c1ccc(F)c(C2(N=C=O)CCCC2)c1. The van der Waals surface area contributed by atoms with Crippen LogP contribution in [-0.2, 0) is 16.3 Å². The van der Waals surface area contributed by atoms with Gasteiger partial charge in [-0.1, -0.05) is 18.9 Å². The normalized spacial score (nSPS) is 18.1. The lowest BCUT2D eigenvalue weighted by Gasteiger charge is -2.24. The topological polar surface area (TPSA) is 29.4 Å². The summed E-state index contributed by atoms with van der Waals surface area (Å²) in [5, 5.41) is 0.